The topological polar surface area (TPSA) is 199 Å². The molecule has 13 heteroatoms. The third-order valence-electron chi connectivity index (χ3n) is 4.00. The maximum absolute atomic E-state index is 12.1. The van der Waals surface area contributed by atoms with E-state index in [1.54, 1.807) is 0 Å². The number of anilines is 2. The highest BCUT2D eigenvalue weighted by Crippen LogP contribution is 2.35. The van der Waals surface area contributed by atoms with Gasteiger partial charge in [-0.2, -0.15) is 16.8 Å². The van der Waals surface area contributed by atoms with E-state index >= 15 is 0 Å². The number of nitrogens with zero attached hydrogens (tertiary/aromatic N) is 3. The van der Waals surface area contributed by atoms with Gasteiger partial charge in [-0.3, -0.25) is 9.11 Å². The largest absolute Gasteiger partial charge is 0.399 e. The fourth-order valence-corrected chi connectivity index (χ4v) is 4.39. The molecule has 1 heterocycles. The first kappa shape index (κ1) is 21.3. The van der Waals surface area contributed by atoms with E-state index in [0.29, 0.717) is 0 Å². The standard InChI is InChI=1S/C17H15N5O6S2/c18-12-5-3-10(15(9-12)29(23,24)25)1-2-11-4-6-13(19)16(17(11)30(26,27)28)14-7-8-20-22-21-14/h1-9H,18-19H2,(H,23,24,25)(H,26,27,28)/b2-1+. The second kappa shape index (κ2) is 7.79. The first-order chi connectivity index (χ1) is 14.0. The van der Waals surface area contributed by atoms with Gasteiger partial charge in [-0.15, -0.1) is 10.2 Å². The van der Waals surface area contributed by atoms with Crippen LogP contribution in [0.25, 0.3) is 23.4 Å². The number of hydrogen-bond acceptors (Lipinski definition) is 9. The average Bonchev–Trinajstić information content (AvgIpc) is 2.66. The number of nitrogens with two attached hydrogens (primary N) is 2. The maximum atomic E-state index is 12.1. The lowest BCUT2D eigenvalue weighted by Crippen LogP contribution is -2.07. The van der Waals surface area contributed by atoms with Crippen molar-refractivity contribution in [2.24, 2.45) is 0 Å². The molecule has 0 amide bonds. The monoisotopic (exact) mass is 449 g/mol. The molecule has 11 nitrogen and oxygen atoms in total. The van der Waals surface area contributed by atoms with Gasteiger partial charge >= 0.3 is 0 Å². The molecule has 0 aliphatic carbocycles. The molecule has 3 rings (SSSR count). The summed E-state index contributed by atoms with van der Waals surface area (Å²) in [5.41, 5.74) is 11.6. The molecular weight excluding hydrogens is 434 g/mol. The second-order valence-corrected chi connectivity index (χ2v) is 8.78. The summed E-state index contributed by atoms with van der Waals surface area (Å²) in [6, 6.07) is 7.85. The van der Waals surface area contributed by atoms with E-state index in [1.807, 2.05) is 0 Å². The van der Waals surface area contributed by atoms with Crippen molar-refractivity contribution in [2.45, 2.75) is 9.79 Å². The maximum Gasteiger partial charge on any atom is 0.295 e. The molecule has 1 aromatic heterocycles. The predicted molar refractivity (Wildman–Crippen MR) is 109 cm³/mol. The minimum atomic E-state index is -4.79. The lowest BCUT2D eigenvalue weighted by atomic mass is 10.0. The Kier molecular flexibility index (Phi) is 5.54. The predicted octanol–water partition coefficient (Wildman–Crippen LogP) is 1.37. The quantitative estimate of drug-likeness (QED) is 0.249. The molecule has 0 unspecified atom stereocenters. The summed E-state index contributed by atoms with van der Waals surface area (Å²) in [6.45, 7) is 0. The summed E-state index contributed by atoms with van der Waals surface area (Å²) in [7, 11) is -9.39. The fourth-order valence-electron chi connectivity index (χ4n) is 2.75. The summed E-state index contributed by atoms with van der Waals surface area (Å²) in [6.07, 6.45) is 3.75. The molecule has 6 N–H and O–H groups in total. The molecule has 0 bridgehead atoms. The van der Waals surface area contributed by atoms with Crippen LogP contribution in [0.15, 0.2) is 52.4 Å². The van der Waals surface area contributed by atoms with Crippen molar-refractivity contribution < 1.29 is 25.9 Å². The van der Waals surface area contributed by atoms with Crippen molar-refractivity contribution in [3.63, 3.8) is 0 Å². The van der Waals surface area contributed by atoms with E-state index in [-0.39, 0.29) is 33.8 Å². The van der Waals surface area contributed by atoms with Crippen LogP contribution in [0, 0.1) is 0 Å². The normalized spacial score (nSPS) is 12.3. The minimum Gasteiger partial charge on any atom is -0.399 e. The van der Waals surface area contributed by atoms with Gasteiger partial charge in [0.1, 0.15) is 9.79 Å². The van der Waals surface area contributed by atoms with Gasteiger partial charge in [-0.25, -0.2) is 0 Å². The van der Waals surface area contributed by atoms with Crippen molar-refractivity contribution in [1.82, 2.24) is 15.4 Å². The van der Waals surface area contributed by atoms with Crippen molar-refractivity contribution >= 4 is 43.8 Å². The molecule has 0 radical (unpaired) electrons. The third-order valence-corrected chi connectivity index (χ3v) is 5.86. The highest BCUT2D eigenvalue weighted by Gasteiger charge is 2.24. The van der Waals surface area contributed by atoms with Crippen LogP contribution in [0.4, 0.5) is 11.4 Å². The zero-order valence-corrected chi connectivity index (χ0v) is 16.7. The Morgan fingerprint density at radius 1 is 0.867 bits per heavy atom. The number of aromatic nitrogens is 3. The molecule has 156 valence electrons. The van der Waals surface area contributed by atoms with E-state index in [4.69, 9.17) is 11.5 Å². The first-order valence-corrected chi connectivity index (χ1v) is 11.0. The molecule has 0 aliphatic rings. The smallest absolute Gasteiger partial charge is 0.295 e. The molecule has 0 aliphatic heterocycles. The van der Waals surface area contributed by atoms with E-state index in [9.17, 15) is 25.9 Å². The van der Waals surface area contributed by atoms with Crippen molar-refractivity contribution in [2.75, 3.05) is 11.5 Å². The van der Waals surface area contributed by atoms with Crippen LogP contribution in [-0.4, -0.2) is 41.4 Å². The lowest BCUT2D eigenvalue weighted by molar-refractivity contribution is 0.481. The van der Waals surface area contributed by atoms with Crippen LogP contribution in [0.5, 0.6) is 0 Å². The molecule has 30 heavy (non-hydrogen) atoms. The zero-order valence-electron chi connectivity index (χ0n) is 15.0. The van der Waals surface area contributed by atoms with Crippen LogP contribution < -0.4 is 11.5 Å². The van der Waals surface area contributed by atoms with Gasteiger partial charge in [0.25, 0.3) is 20.2 Å². The highest BCUT2D eigenvalue weighted by molar-refractivity contribution is 7.86. The lowest BCUT2D eigenvalue weighted by Gasteiger charge is -2.12. The number of rotatable bonds is 5. The van der Waals surface area contributed by atoms with Crippen molar-refractivity contribution in [1.29, 1.82) is 0 Å². The molecule has 3 aromatic rings. The van der Waals surface area contributed by atoms with Gasteiger partial charge in [0.15, 0.2) is 0 Å². The van der Waals surface area contributed by atoms with Crippen molar-refractivity contribution in [3.05, 3.63) is 53.7 Å². The van der Waals surface area contributed by atoms with Gasteiger partial charge in [0.2, 0.25) is 0 Å². The second-order valence-electron chi connectivity index (χ2n) is 6.03. The summed E-state index contributed by atoms with van der Waals surface area (Å²) in [5.74, 6) is 0. The Bertz CT molecular complexity index is 1360. The Balaban J connectivity index is 2.25. The number of hydrogen-bond donors (Lipinski definition) is 4. The third kappa shape index (κ3) is 4.44. The molecule has 0 fully saturated rings. The molecule has 0 saturated carbocycles. The van der Waals surface area contributed by atoms with E-state index in [1.165, 1.54) is 48.7 Å². The summed E-state index contributed by atoms with van der Waals surface area (Å²) in [4.78, 5) is -1.02. The number of nitrogen functional groups attached to an aromatic ring is 2. The summed E-state index contributed by atoms with van der Waals surface area (Å²) in [5, 5.41) is 10.7. The SMILES string of the molecule is Nc1ccc(/C=C/c2ccc(N)c(-c3ccnnn3)c2S(=O)(=O)O)c(S(=O)(=O)O)c1. The highest BCUT2D eigenvalue weighted by atomic mass is 32.2. The molecule has 2 aromatic carbocycles. The van der Waals surface area contributed by atoms with E-state index in [2.05, 4.69) is 15.4 Å². The van der Waals surface area contributed by atoms with Crippen LogP contribution in [0.3, 0.4) is 0 Å². The summed E-state index contributed by atoms with van der Waals surface area (Å²) >= 11 is 0. The van der Waals surface area contributed by atoms with Gasteiger partial charge in [0, 0.05) is 16.9 Å². The van der Waals surface area contributed by atoms with Crippen LogP contribution in [0.2, 0.25) is 0 Å². The zero-order chi connectivity index (χ0) is 22.1. The fraction of sp³-hybridized carbons (Fsp3) is 0. The van der Waals surface area contributed by atoms with Gasteiger partial charge in [-0.05, 0) is 40.6 Å². The van der Waals surface area contributed by atoms with E-state index < -0.39 is 30.0 Å². The molecule has 0 saturated heterocycles. The van der Waals surface area contributed by atoms with Gasteiger partial charge in [-0.1, -0.05) is 24.3 Å². The molecule has 0 spiro atoms. The molecule has 0 atom stereocenters. The minimum absolute atomic E-state index is 0.00591. The van der Waals surface area contributed by atoms with Crippen molar-refractivity contribution in [3.8, 4) is 11.3 Å². The Morgan fingerprint density at radius 2 is 1.53 bits per heavy atom. The number of benzene rings is 2. The molecular formula is C17H15N5O6S2. The van der Waals surface area contributed by atoms with Gasteiger partial charge in [0.05, 0.1) is 11.9 Å². The van der Waals surface area contributed by atoms with Crippen LogP contribution in [0.1, 0.15) is 11.1 Å². The first-order valence-electron chi connectivity index (χ1n) is 8.08. The summed E-state index contributed by atoms with van der Waals surface area (Å²) < 4.78 is 66.7. The van der Waals surface area contributed by atoms with Crippen LogP contribution in [-0.2, 0) is 20.2 Å². The Hall–Kier alpha value is -3.39. The Morgan fingerprint density at radius 3 is 2.13 bits per heavy atom. The van der Waals surface area contributed by atoms with Gasteiger partial charge < -0.3 is 11.5 Å². The van der Waals surface area contributed by atoms with Crippen LogP contribution >= 0.6 is 0 Å². The van der Waals surface area contributed by atoms with E-state index in [0.717, 1.165) is 6.07 Å². The Labute approximate surface area is 171 Å². The average molecular weight is 449 g/mol.